The van der Waals surface area contributed by atoms with E-state index >= 15 is 0 Å². The molecule has 1 aromatic rings. The Morgan fingerprint density at radius 3 is 2.52 bits per heavy atom. The Bertz CT molecular complexity index is 523. The zero-order valence-electron chi connectivity index (χ0n) is 11.8. The number of nitrogens with zero attached hydrogens (tertiary/aromatic N) is 1. The number of hydrogen-bond acceptors (Lipinski definition) is 5. The molecule has 6 nitrogen and oxygen atoms in total. The van der Waals surface area contributed by atoms with Crippen molar-refractivity contribution in [1.82, 2.24) is 5.32 Å². The third kappa shape index (κ3) is 3.33. The van der Waals surface area contributed by atoms with Crippen LogP contribution in [0.15, 0.2) is 24.3 Å². The van der Waals surface area contributed by atoms with E-state index in [0.29, 0.717) is 12.8 Å². The van der Waals surface area contributed by atoms with E-state index in [1.807, 2.05) is 24.3 Å². The fraction of sp³-hybridized carbons (Fsp3) is 0.467. The van der Waals surface area contributed by atoms with Crippen molar-refractivity contribution in [2.75, 3.05) is 36.5 Å². The molecule has 1 atom stereocenters. The first kappa shape index (κ1) is 13.9. The molecule has 0 bridgehead atoms. The Morgan fingerprint density at radius 1 is 1.14 bits per heavy atom. The Labute approximate surface area is 123 Å². The lowest BCUT2D eigenvalue weighted by Crippen LogP contribution is -2.47. The maximum atomic E-state index is 11.7. The van der Waals surface area contributed by atoms with Crippen LogP contribution in [-0.2, 0) is 14.3 Å². The number of carbonyl (C=O) groups is 2. The molecule has 112 valence electrons. The minimum Gasteiger partial charge on any atom is -0.378 e. The lowest BCUT2D eigenvalue weighted by molar-refractivity contribution is -0.133. The lowest BCUT2D eigenvalue weighted by atomic mass is 10.1. The largest absolute Gasteiger partial charge is 0.378 e. The first-order valence-electron chi connectivity index (χ1n) is 7.25. The van der Waals surface area contributed by atoms with Gasteiger partial charge in [0.2, 0.25) is 11.8 Å². The van der Waals surface area contributed by atoms with Gasteiger partial charge >= 0.3 is 0 Å². The number of anilines is 2. The number of imide groups is 1. The van der Waals surface area contributed by atoms with Crippen LogP contribution < -0.4 is 15.5 Å². The molecular weight excluding hydrogens is 270 g/mol. The second kappa shape index (κ2) is 6.13. The number of amides is 2. The van der Waals surface area contributed by atoms with Crippen LogP contribution in [0.5, 0.6) is 0 Å². The van der Waals surface area contributed by atoms with Gasteiger partial charge in [-0.25, -0.2) is 0 Å². The number of rotatable bonds is 3. The molecule has 1 unspecified atom stereocenters. The van der Waals surface area contributed by atoms with Crippen molar-refractivity contribution >= 4 is 23.2 Å². The second-order valence-electron chi connectivity index (χ2n) is 5.29. The Balaban J connectivity index is 1.61. The topological polar surface area (TPSA) is 70.7 Å². The second-order valence-corrected chi connectivity index (χ2v) is 5.29. The maximum absolute atomic E-state index is 11.7. The van der Waals surface area contributed by atoms with Gasteiger partial charge in [0.25, 0.3) is 0 Å². The van der Waals surface area contributed by atoms with Crippen LogP contribution in [-0.4, -0.2) is 44.2 Å². The van der Waals surface area contributed by atoms with Gasteiger partial charge in [-0.3, -0.25) is 14.9 Å². The summed E-state index contributed by atoms with van der Waals surface area (Å²) in [6, 6.07) is 7.68. The minimum absolute atomic E-state index is 0.194. The van der Waals surface area contributed by atoms with Gasteiger partial charge in [0.05, 0.1) is 13.2 Å². The van der Waals surface area contributed by atoms with E-state index in [2.05, 4.69) is 15.5 Å². The van der Waals surface area contributed by atoms with Gasteiger partial charge in [-0.2, -0.15) is 0 Å². The summed E-state index contributed by atoms with van der Waals surface area (Å²) in [5.41, 5.74) is 2.05. The zero-order chi connectivity index (χ0) is 14.7. The Hall–Kier alpha value is -2.08. The van der Waals surface area contributed by atoms with Crippen LogP contribution >= 0.6 is 0 Å². The zero-order valence-corrected chi connectivity index (χ0v) is 11.8. The first-order chi connectivity index (χ1) is 10.2. The van der Waals surface area contributed by atoms with Crippen molar-refractivity contribution in [1.29, 1.82) is 0 Å². The number of ether oxygens (including phenoxy) is 1. The Kier molecular flexibility index (Phi) is 4.06. The summed E-state index contributed by atoms with van der Waals surface area (Å²) in [6.45, 7) is 3.33. The molecule has 0 radical (unpaired) electrons. The summed E-state index contributed by atoms with van der Waals surface area (Å²) in [7, 11) is 0. The molecule has 0 saturated carbocycles. The SMILES string of the molecule is O=C1CCC(Nc2ccc(N3CCOCC3)cc2)C(=O)N1. The molecule has 21 heavy (non-hydrogen) atoms. The molecule has 2 fully saturated rings. The van der Waals surface area contributed by atoms with Crippen molar-refractivity contribution in [3.63, 3.8) is 0 Å². The summed E-state index contributed by atoms with van der Waals surface area (Å²) < 4.78 is 5.34. The molecule has 0 aliphatic carbocycles. The van der Waals surface area contributed by atoms with Crippen LogP contribution in [0.4, 0.5) is 11.4 Å². The number of carbonyl (C=O) groups excluding carboxylic acids is 2. The molecule has 2 saturated heterocycles. The highest BCUT2D eigenvalue weighted by molar-refractivity contribution is 6.01. The van der Waals surface area contributed by atoms with Gasteiger partial charge in [-0.05, 0) is 30.7 Å². The molecule has 2 aliphatic rings. The number of hydrogen-bond donors (Lipinski definition) is 2. The van der Waals surface area contributed by atoms with Crippen LogP contribution in [0.2, 0.25) is 0 Å². The predicted octanol–water partition coefficient (Wildman–Crippen LogP) is 0.740. The number of piperidine rings is 1. The molecule has 2 N–H and O–H groups in total. The van der Waals surface area contributed by atoms with Crippen LogP contribution in [0.25, 0.3) is 0 Å². The highest BCUT2D eigenvalue weighted by Crippen LogP contribution is 2.20. The molecule has 6 heteroatoms. The molecule has 0 spiro atoms. The summed E-state index contributed by atoms with van der Waals surface area (Å²) in [6.07, 6.45) is 0.922. The molecule has 1 aromatic carbocycles. The summed E-state index contributed by atoms with van der Waals surface area (Å²) in [4.78, 5) is 25.1. The third-order valence-electron chi connectivity index (χ3n) is 3.82. The normalized spacial score (nSPS) is 22.9. The van der Waals surface area contributed by atoms with E-state index in [1.54, 1.807) is 0 Å². The van der Waals surface area contributed by atoms with E-state index in [4.69, 9.17) is 4.74 Å². The van der Waals surface area contributed by atoms with Gasteiger partial charge in [-0.15, -0.1) is 0 Å². The van der Waals surface area contributed by atoms with Crippen LogP contribution in [0.1, 0.15) is 12.8 Å². The number of morpholine rings is 1. The van der Waals surface area contributed by atoms with Gasteiger partial charge in [0.15, 0.2) is 0 Å². The molecule has 2 heterocycles. The highest BCUT2D eigenvalue weighted by Gasteiger charge is 2.26. The van der Waals surface area contributed by atoms with Gasteiger partial charge in [-0.1, -0.05) is 0 Å². The van der Waals surface area contributed by atoms with Crippen molar-refractivity contribution in [3.8, 4) is 0 Å². The van der Waals surface area contributed by atoms with E-state index in [9.17, 15) is 9.59 Å². The van der Waals surface area contributed by atoms with E-state index in [1.165, 1.54) is 0 Å². The van der Waals surface area contributed by atoms with Crippen molar-refractivity contribution < 1.29 is 14.3 Å². The predicted molar refractivity (Wildman–Crippen MR) is 79.3 cm³/mol. The van der Waals surface area contributed by atoms with Gasteiger partial charge in [0.1, 0.15) is 6.04 Å². The quantitative estimate of drug-likeness (QED) is 0.803. The number of benzene rings is 1. The fourth-order valence-electron chi connectivity index (χ4n) is 2.62. The lowest BCUT2D eigenvalue weighted by Gasteiger charge is -2.29. The van der Waals surface area contributed by atoms with E-state index in [0.717, 1.165) is 37.7 Å². The smallest absolute Gasteiger partial charge is 0.249 e. The van der Waals surface area contributed by atoms with E-state index in [-0.39, 0.29) is 17.9 Å². The molecule has 3 rings (SSSR count). The standard InChI is InChI=1S/C15H19N3O3/c19-14-6-5-13(15(20)17-14)16-11-1-3-12(4-2-11)18-7-9-21-10-8-18/h1-4,13,16H,5-10H2,(H,17,19,20). The van der Waals surface area contributed by atoms with Crippen LogP contribution in [0.3, 0.4) is 0 Å². The Morgan fingerprint density at radius 2 is 1.86 bits per heavy atom. The highest BCUT2D eigenvalue weighted by atomic mass is 16.5. The average Bonchev–Trinajstić information content (AvgIpc) is 2.52. The summed E-state index contributed by atoms with van der Waals surface area (Å²) in [5.74, 6) is -0.441. The summed E-state index contributed by atoms with van der Waals surface area (Å²) in [5, 5.41) is 5.52. The maximum Gasteiger partial charge on any atom is 0.249 e. The van der Waals surface area contributed by atoms with Gasteiger partial charge in [0, 0.05) is 30.9 Å². The molecule has 2 aliphatic heterocycles. The minimum atomic E-state index is -0.336. The van der Waals surface area contributed by atoms with E-state index < -0.39 is 0 Å². The van der Waals surface area contributed by atoms with Crippen molar-refractivity contribution in [2.45, 2.75) is 18.9 Å². The number of nitrogens with one attached hydrogen (secondary N) is 2. The van der Waals surface area contributed by atoms with Crippen LogP contribution in [0, 0.1) is 0 Å². The third-order valence-corrected chi connectivity index (χ3v) is 3.82. The van der Waals surface area contributed by atoms with Crippen molar-refractivity contribution in [2.24, 2.45) is 0 Å². The molecule has 0 aromatic heterocycles. The average molecular weight is 289 g/mol. The van der Waals surface area contributed by atoms with Crippen molar-refractivity contribution in [3.05, 3.63) is 24.3 Å². The van der Waals surface area contributed by atoms with Gasteiger partial charge < -0.3 is 15.0 Å². The molecular formula is C15H19N3O3. The summed E-state index contributed by atoms with van der Waals surface area (Å²) >= 11 is 0. The fourth-order valence-corrected chi connectivity index (χ4v) is 2.62. The first-order valence-corrected chi connectivity index (χ1v) is 7.25. The molecule has 2 amide bonds. The monoisotopic (exact) mass is 289 g/mol.